The van der Waals surface area contributed by atoms with E-state index in [-0.39, 0.29) is 24.5 Å². The van der Waals surface area contributed by atoms with Crippen molar-refractivity contribution in [1.82, 2.24) is 5.32 Å². The summed E-state index contributed by atoms with van der Waals surface area (Å²) >= 11 is 4.80. The number of nitrogens with one attached hydrogen (secondary N) is 1. The molecule has 0 bridgehead atoms. The Hall–Kier alpha value is -0.390. The van der Waals surface area contributed by atoms with Gasteiger partial charge in [0, 0.05) is 0 Å². The molecule has 1 aromatic heterocycles. The predicted molar refractivity (Wildman–Crippen MR) is 69.9 cm³/mol. The van der Waals surface area contributed by atoms with Crippen molar-refractivity contribution in [2.24, 2.45) is 5.92 Å². The minimum atomic E-state index is -0.186. The molecule has 1 heterocycles. The van der Waals surface area contributed by atoms with Crippen LogP contribution in [0.5, 0.6) is 0 Å². The number of aryl methyl sites for hydroxylation is 1. The van der Waals surface area contributed by atoms with Gasteiger partial charge in [0.2, 0.25) is 0 Å². The zero-order chi connectivity index (χ0) is 12.3. The van der Waals surface area contributed by atoms with Gasteiger partial charge in [0.25, 0.3) is 5.91 Å². The molecule has 90 valence electrons. The number of hydrogen-bond donors (Lipinski definition) is 2. The number of aliphatic hydroxyl groups excluding tert-OH is 1. The van der Waals surface area contributed by atoms with Crippen molar-refractivity contribution < 1.29 is 9.90 Å². The van der Waals surface area contributed by atoms with Gasteiger partial charge >= 0.3 is 0 Å². The summed E-state index contributed by atoms with van der Waals surface area (Å²) in [6, 6.07) is 1.66. The van der Waals surface area contributed by atoms with E-state index in [0.717, 1.165) is 9.35 Å². The Labute approximate surface area is 108 Å². The summed E-state index contributed by atoms with van der Waals surface area (Å²) in [6.07, 6.45) is 0. The first-order valence-corrected chi connectivity index (χ1v) is 6.74. The van der Waals surface area contributed by atoms with Crippen LogP contribution in [0.4, 0.5) is 0 Å². The molecule has 1 rings (SSSR count). The summed E-state index contributed by atoms with van der Waals surface area (Å²) in [6.45, 7) is 5.85. The lowest BCUT2D eigenvalue weighted by atomic mass is 10.1. The molecule has 0 aliphatic rings. The summed E-state index contributed by atoms with van der Waals surface area (Å²) in [4.78, 5) is 12.5. The average molecular weight is 306 g/mol. The van der Waals surface area contributed by atoms with Crippen LogP contribution in [-0.4, -0.2) is 23.7 Å². The third-order valence-electron chi connectivity index (χ3n) is 2.40. The molecule has 1 amide bonds. The molecule has 0 aliphatic heterocycles. The molecule has 3 nitrogen and oxygen atoms in total. The Balaban J connectivity index is 2.71. The molecular formula is C11H16BrNO2S. The number of halogens is 1. The third-order valence-corrected chi connectivity index (χ3v) is 4.53. The fourth-order valence-corrected chi connectivity index (χ4v) is 2.67. The minimum Gasteiger partial charge on any atom is -0.394 e. The van der Waals surface area contributed by atoms with E-state index >= 15 is 0 Å². The second-order valence-corrected chi connectivity index (χ2v) is 6.44. The highest BCUT2D eigenvalue weighted by molar-refractivity contribution is 9.11. The SMILES string of the molecule is Cc1cc(C(=O)NC(CO)C(C)C)sc1Br. The zero-order valence-electron chi connectivity index (χ0n) is 9.58. The highest BCUT2D eigenvalue weighted by Gasteiger charge is 2.18. The standard InChI is InChI=1S/C11H16BrNO2S/c1-6(2)8(5-14)13-11(15)9-4-7(3)10(12)16-9/h4,6,8,14H,5H2,1-3H3,(H,13,15). The van der Waals surface area contributed by atoms with Crippen molar-refractivity contribution in [3.63, 3.8) is 0 Å². The second-order valence-electron chi connectivity index (χ2n) is 4.07. The Kier molecular flexibility index (Phi) is 4.95. The number of hydrogen-bond acceptors (Lipinski definition) is 3. The number of carbonyl (C=O) groups is 1. The van der Waals surface area contributed by atoms with Gasteiger partial charge in [-0.25, -0.2) is 0 Å². The molecule has 1 aromatic rings. The van der Waals surface area contributed by atoms with Gasteiger partial charge in [0.15, 0.2) is 0 Å². The molecule has 0 saturated carbocycles. The van der Waals surface area contributed by atoms with E-state index in [1.165, 1.54) is 11.3 Å². The zero-order valence-corrected chi connectivity index (χ0v) is 12.0. The van der Waals surface area contributed by atoms with E-state index in [2.05, 4.69) is 21.2 Å². The van der Waals surface area contributed by atoms with Crippen molar-refractivity contribution in [3.8, 4) is 0 Å². The minimum absolute atomic E-state index is 0.0328. The van der Waals surface area contributed by atoms with Crippen molar-refractivity contribution in [1.29, 1.82) is 0 Å². The second kappa shape index (κ2) is 5.80. The maximum atomic E-state index is 11.9. The van der Waals surface area contributed by atoms with Gasteiger partial charge in [-0.15, -0.1) is 11.3 Å². The monoisotopic (exact) mass is 305 g/mol. The molecular weight excluding hydrogens is 290 g/mol. The van der Waals surface area contributed by atoms with Crippen LogP contribution in [0.1, 0.15) is 29.1 Å². The summed E-state index contributed by atoms with van der Waals surface area (Å²) in [5.41, 5.74) is 1.06. The Morgan fingerprint density at radius 3 is 2.62 bits per heavy atom. The van der Waals surface area contributed by atoms with Crippen LogP contribution in [0.3, 0.4) is 0 Å². The van der Waals surface area contributed by atoms with Crippen molar-refractivity contribution in [2.75, 3.05) is 6.61 Å². The summed E-state index contributed by atoms with van der Waals surface area (Å²) in [5, 5.41) is 12.0. The lowest BCUT2D eigenvalue weighted by molar-refractivity contribution is 0.0901. The number of thiophene rings is 1. The molecule has 1 atom stereocenters. The highest BCUT2D eigenvalue weighted by Crippen LogP contribution is 2.27. The van der Waals surface area contributed by atoms with E-state index < -0.39 is 0 Å². The highest BCUT2D eigenvalue weighted by atomic mass is 79.9. The predicted octanol–water partition coefficient (Wildman–Crippen LogP) is 2.57. The molecule has 0 saturated heterocycles. The molecule has 5 heteroatoms. The molecule has 1 unspecified atom stereocenters. The topological polar surface area (TPSA) is 49.3 Å². The van der Waals surface area contributed by atoms with Crippen molar-refractivity contribution in [2.45, 2.75) is 26.8 Å². The van der Waals surface area contributed by atoms with E-state index in [1.807, 2.05) is 26.8 Å². The summed E-state index contributed by atoms with van der Waals surface area (Å²) in [7, 11) is 0. The maximum absolute atomic E-state index is 11.9. The van der Waals surface area contributed by atoms with Crippen molar-refractivity contribution >= 4 is 33.2 Å². The van der Waals surface area contributed by atoms with E-state index in [4.69, 9.17) is 5.11 Å². The molecule has 0 radical (unpaired) electrons. The van der Waals surface area contributed by atoms with Gasteiger partial charge in [0.1, 0.15) is 0 Å². The van der Waals surface area contributed by atoms with Crippen LogP contribution in [-0.2, 0) is 0 Å². The van der Waals surface area contributed by atoms with Crippen LogP contribution in [0, 0.1) is 12.8 Å². The summed E-state index contributed by atoms with van der Waals surface area (Å²) < 4.78 is 0.975. The van der Waals surface area contributed by atoms with Crippen LogP contribution in [0.2, 0.25) is 0 Å². The molecule has 0 aromatic carbocycles. The number of carbonyl (C=O) groups excluding carboxylic acids is 1. The van der Waals surface area contributed by atoms with Crippen LogP contribution in [0.15, 0.2) is 9.85 Å². The fourth-order valence-electron chi connectivity index (χ4n) is 1.23. The number of rotatable bonds is 4. The third kappa shape index (κ3) is 3.30. The van der Waals surface area contributed by atoms with Gasteiger partial charge in [-0.05, 0) is 40.4 Å². The molecule has 0 spiro atoms. The smallest absolute Gasteiger partial charge is 0.261 e. The fraction of sp³-hybridized carbons (Fsp3) is 0.545. The molecule has 2 N–H and O–H groups in total. The Morgan fingerprint density at radius 2 is 2.25 bits per heavy atom. The van der Waals surface area contributed by atoms with Crippen LogP contribution in [0.25, 0.3) is 0 Å². The molecule has 0 aliphatic carbocycles. The average Bonchev–Trinajstić information content (AvgIpc) is 2.55. The number of amides is 1. The van der Waals surface area contributed by atoms with Gasteiger partial charge in [-0.2, -0.15) is 0 Å². The van der Waals surface area contributed by atoms with Gasteiger partial charge in [-0.1, -0.05) is 13.8 Å². The number of aliphatic hydroxyl groups is 1. The lowest BCUT2D eigenvalue weighted by Crippen LogP contribution is -2.40. The van der Waals surface area contributed by atoms with E-state index in [9.17, 15) is 4.79 Å². The first-order valence-electron chi connectivity index (χ1n) is 5.13. The largest absolute Gasteiger partial charge is 0.394 e. The first kappa shape index (κ1) is 13.7. The van der Waals surface area contributed by atoms with E-state index in [0.29, 0.717) is 4.88 Å². The maximum Gasteiger partial charge on any atom is 0.261 e. The lowest BCUT2D eigenvalue weighted by Gasteiger charge is -2.19. The summed E-state index contributed by atoms with van der Waals surface area (Å²) in [5.74, 6) is 0.102. The van der Waals surface area contributed by atoms with Crippen LogP contribution >= 0.6 is 27.3 Å². The quantitative estimate of drug-likeness (QED) is 0.898. The molecule has 16 heavy (non-hydrogen) atoms. The Bertz CT molecular complexity index is 357. The van der Waals surface area contributed by atoms with Gasteiger partial charge in [-0.3, -0.25) is 4.79 Å². The van der Waals surface area contributed by atoms with E-state index in [1.54, 1.807) is 0 Å². The first-order chi connectivity index (χ1) is 7.45. The van der Waals surface area contributed by atoms with Gasteiger partial charge in [0.05, 0.1) is 21.3 Å². The Morgan fingerprint density at radius 1 is 1.62 bits per heavy atom. The van der Waals surface area contributed by atoms with Crippen LogP contribution < -0.4 is 5.32 Å². The van der Waals surface area contributed by atoms with Gasteiger partial charge < -0.3 is 10.4 Å². The van der Waals surface area contributed by atoms with Crippen molar-refractivity contribution in [3.05, 3.63) is 20.3 Å². The normalized spacial score (nSPS) is 12.9. The molecule has 0 fully saturated rings.